The van der Waals surface area contributed by atoms with E-state index in [-0.39, 0.29) is 5.56 Å². The van der Waals surface area contributed by atoms with Crippen molar-refractivity contribution >= 4 is 29.5 Å². The van der Waals surface area contributed by atoms with Gasteiger partial charge in [-0.3, -0.25) is 9.78 Å². The average Bonchev–Trinajstić information content (AvgIpc) is 2.62. The van der Waals surface area contributed by atoms with E-state index in [1.165, 1.54) is 12.4 Å². The highest BCUT2D eigenvalue weighted by Crippen LogP contribution is 2.34. The van der Waals surface area contributed by atoms with E-state index in [9.17, 15) is 4.79 Å². The molecule has 3 aromatic rings. The monoisotopic (exact) mass is 387 g/mol. The Morgan fingerprint density at radius 2 is 1.31 bits per heavy atom. The Hall–Kier alpha value is -2.56. The quantitative estimate of drug-likeness (QED) is 0.475. The number of rotatable bonds is 5. The molecule has 0 N–H and O–H groups in total. The van der Waals surface area contributed by atoms with Crippen LogP contribution in [0.2, 0.25) is 10.0 Å². The van der Waals surface area contributed by atoms with E-state index < -0.39 is 0 Å². The number of aryl methyl sites for hydroxylation is 2. The lowest BCUT2D eigenvalue weighted by atomic mass is 10.2. The molecule has 0 aliphatic rings. The Kier molecular flexibility index (Phi) is 5.45. The predicted molar refractivity (Wildman–Crippen MR) is 102 cm³/mol. The number of ether oxygens (including phenoxy) is 2. The first-order chi connectivity index (χ1) is 12.5. The summed E-state index contributed by atoms with van der Waals surface area (Å²) < 4.78 is 11.6. The molecule has 0 radical (unpaired) electrons. The molecule has 0 unspecified atom stereocenters. The summed E-state index contributed by atoms with van der Waals surface area (Å²) in [6.45, 7) is 3.74. The summed E-state index contributed by atoms with van der Waals surface area (Å²) in [6, 6.07) is 10.5. The van der Waals surface area contributed by atoms with Crippen LogP contribution in [-0.4, -0.2) is 11.3 Å². The van der Waals surface area contributed by atoms with Gasteiger partial charge in [0, 0.05) is 10.0 Å². The molecule has 0 spiro atoms. The van der Waals surface area contributed by atoms with Crippen LogP contribution in [-0.2, 0) is 0 Å². The summed E-state index contributed by atoms with van der Waals surface area (Å²) in [5, 5.41) is 1.28. The van der Waals surface area contributed by atoms with Crippen molar-refractivity contribution in [3.8, 4) is 23.0 Å². The maximum atomic E-state index is 11.6. The minimum absolute atomic E-state index is 0.264. The van der Waals surface area contributed by atoms with Gasteiger partial charge in [-0.15, -0.1) is 0 Å². The SMILES string of the molecule is Cc1cc(Oc2cncc(Oc3ccc(Cl)c(C)c3)c2C=O)ccc1Cl. The minimum atomic E-state index is 0.264. The van der Waals surface area contributed by atoms with E-state index in [4.69, 9.17) is 32.7 Å². The molecule has 6 heteroatoms. The molecular formula is C20H15Cl2NO3. The smallest absolute Gasteiger partial charge is 0.159 e. The van der Waals surface area contributed by atoms with Crippen molar-refractivity contribution in [2.24, 2.45) is 0 Å². The second-order valence-electron chi connectivity index (χ2n) is 5.69. The van der Waals surface area contributed by atoms with Gasteiger partial charge in [-0.05, 0) is 61.4 Å². The van der Waals surface area contributed by atoms with Crippen LogP contribution in [0.15, 0.2) is 48.8 Å². The van der Waals surface area contributed by atoms with Crippen molar-refractivity contribution in [3.05, 3.63) is 75.5 Å². The van der Waals surface area contributed by atoms with Gasteiger partial charge in [0.15, 0.2) is 17.8 Å². The fourth-order valence-corrected chi connectivity index (χ4v) is 2.56. The van der Waals surface area contributed by atoms with Crippen molar-refractivity contribution in [1.29, 1.82) is 0 Å². The molecule has 4 nitrogen and oxygen atoms in total. The van der Waals surface area contributed by atoms with Crippen LogP contribution in [0.5, 0.6) is 23.0 Å². The summed E-state index contributed by atoms with van der Waals surface area (Å²) in [7, 11) is 0. The van der Waals surface area contributed by atoms with Gasteiger partial charge >= 0.3 is 0 Å². The molecule has 26 heavy (non-hydrogen) atoms. The number of hydrogen-bond acceptors (Lipinski definition) is 4. The fourth-order valence-electron chi connectivity index (χ4n) is 2.33. The molecule has 0 amide bonds. The normalized spacial score (nSPS) is 10.5. The van der Waals surface area contributed by atoms with Gasteiger partial charge < -0.3 is 9.47 Å². The zero-order valence-corrected chi connectivity index (χ0v) is 15.6. The Labute approximate surface area is 161 Å². The summed E-state index contributed by atoms with van der Waals surface area (Å²) >= 11 is 12.1. The van der Waals surface area contributed by atoms with E-state index in [1.54, 1.807) is 36.4 Å². The number of nitrogens with zero attached hydrogens (tertiary/aromatic N) is 1. The maximum Gasteiger partial charge on any atom is 0.159 e. The highest BCUT2D eigenvalue weighted by molar-refractivity contribution is 6.31. The molecule has 1 aromatic heterocycles. The maximum absolute atomic E-state index is 11.6. The zero-order valence-electron chi connectivity index (χ0n) is 14.1. The standard InChI is InChI=1S/C20H15Cl2NO3/c1-12-7-14(3-5-17(12)21)25-19-9-23-10-20(16(19)11-24)26-15-4-6-18(22)13(2)8-15/h3-11H,1-2H3. The molecule has 1 heterocycles. The molecule has 0 fully saturated rings. The van der Waals surface area contributed by atoms with Crippen LogP contribution in [0.3, 0.4) is 0 Å². The number of aldehydes is 1. The highest BCUT2D eigenvalue weighted by Gasteiger charge is 2.14. The molecule has 2 aromatic carbocycles. The molecule has 0 aliphatic heterocycles. The minimum Gasteiger partial charge on any atom is -0.455 e. The first-order valence-electron chi connectivity index (χ1n) is 7.79. The second-order valence-corrected chi connectivity index (χ2v) is 6.51. The average molecular weight is 388 g/mol. The lowest BCUT2D eigenvalue weighted by Crippen LogP contribution is -1.97. The van der Waals surface area contributed by atoms with Crippen LogP contribution in [0.4, 0.5) is 0 Å². The van der Waals surface area contributed by atoms with Crippen LogP contribution < -0.4 is 9.47 Å². The van der Waals surface area contributed by atoms with Gasteiger partial charge in [-0.2, -0.15) is 0 Å². The van der Waals surface area contributed by atoms with Gasteiger partial charge in [0.05, 0.1) is 12.4 Å². The number of hydrogen-bond donors (Lipinski definition) is 0. The summed E-state index contributed by atoms with van der Waals surface area (Å²) in [5.41, 5.74) is 2.00. The third kappa shape index (κ3) is 3.98. The van der Waals surface area contributed by atoms with Crippen molar-refractivity contribution in [3.63, 3.8) is 0 Å². The molecule has 3 rings (SSSR count). The van der Waals surface area contributed by atoms with E-state index in [1.807, 2.05) is 13.8 Å². The first kappa shape index (κ1) is 18.2. The third-order valence-electron chi connectivity index (χ3n) is 3.75. The van der Waals surface area contributed by atoms with Crippen LogP contribution in [0, 0.1) is 13.8 Å². The Balaban J connectivity index is 1.92. The van der Waals surface area contributed by atoms with Gasteiger partial charge in [0.1, 0.15) is 17.1 Å². The lowest BCUT2D eigenvalue weighted by molar-refractivity contribution is 0.111. The summed E-state index contributed by atoms with van der Waals surface area (Å²) in [5.74, 6) is 1.70. The lowest BCUT2D eigenvalue weighted by Gasteiger charge is -2.13. The number of pyridine rings is 1. The van der Waals surface area contributed by atoms with Crippen molar-refractivity contribution in [2.45, 2.75) is 13.8 Å². The molecule has 0 saturated heterocycles. The fraction of sp³-hybridized carbons (Fsp3) is 0.100. The third-order valence-corrected chi connectivity index (χ3v) is 4.59. The summed E-state index contributed by atoms with van der Waals surface area (Å²) in [6.07, 6.45) is 3.61. The Morgan fingerprint density at radius 1 is 0.846 bits per heavy atom. The first-order valence-corrected chi connectivity index (χ1v) is 8.54. The number of carbonyl (C=O) groups excluding carboxylic acids is 1. The number of benzene rings is 2. The predicted octanol–water partition coefficient (Wildman–Crippen LogP) is 6.40. The highest BCUT2D eigenvalue weighted by atomic mass is 35.5. The molecule has 0 atom stereocenters. The number of aromatic nitrogens is 1. The summed E-state index contributed by atoms with van der Waals surface area (Å²) in [4.78, 5) is 15.7. The van der Waals surface area contributed by atoms with Gasteiger partial charge in [0.25, 0.3) is 0 Å². The number of halogens is 2. The molecule has 0 bridgehead atoms. The van der Waals surface area contributed by atoms with Crippen molar-refractivity contribution < 1.29 is 14.3 Å². The van der Waals surface area contributed by atoms with E-state index in [0.717, 1.165) is 11.1 Å². The molecule has 0 saturated carbocycles. The van der Waals surface area contributed by atoms with Crippen LogP contribution >= 0.6 is 23.2 Å². The molecular weight excluding hydrogens is 373 g/mol. The van der Waals surface area contributed by atoms with Gasteiger partial charge in [-0.1, -0.05) is 23.2 Å². The Bertz CT molecular complexity index is 902. The zero-order chi connectivity index (χ0) is 18.7. The topological polar surface area (TPSA) is 48.4 Å². The van der Waals surface area contributed by atoms with Crippen LogP contribution in [0.1, 0.15) is 21.5 Å². The largest absolute Gasteiger partial charge is 0.455 e. The van der Waals surface area contributed by atoms with E-state index >= 15 is 0 Å². The van der Waals surface area contributed by atoms with Gasteiger partial charge in [0.2, 0.25) is 0 Å². The Morgan fingerprint density at radius 3 is 1.69 bits per heavy atom. The van der Waals surface area contributed by atoms with E-state index in [2.05, 4.69) is 4.98 Å². The van der Waals surface area contributed by atoms with Crippen LogP contribution in [0.25, 0.3) is 0 Å². The van der Waals surface area contributed by atoms with Gasteiger partial charge in [-0.25, -0.2) is 0 Å². The second kappa shape index (κ2) is 7.77. The molecule has 0 aliphatic carbocycles. The van der Waals surface area contributed by atoms with E-state index in [0.29, 0.717) is 39.3 Å². The van der Waals surface area contributed by atoms with Crippen molar-refractivity contribution in [1.82, 2.24) is 4.98 Å². The number of carbonyl (C=O) groups is 1. The molecule has 132 valence electrons. The van der Waals surface area contributed by atoms with Crippen molar-refractivity contribution in [2.75, 3.05) is 0 Å².